The number of aryl methyl sites for hydroxylation is 1. The van der Waals surface area contributed by atoms with Crippen LogP contribution >= 0.6 is 0 Å². The number of benzene rings is 1. The molecular formula is C15H23BFNO2. The van der Waals surface area contributed by atoms with Crippen molar-refractivity contribution in [2.75, 3.05) is 0 Å². The standard InChI is InChI=1S/C15H23BFNO2/c1-9-7-12(13(17)8-11(9)10(2)18)16-19-14(3,4)15(5,6)20-16/h7-8,10H,18H2,1-6H3/t10-/m1/s1. The lowest BCUT2D eigenvalue weighted by molar-refractivity contribution is 0.00578. The van der Waals surface area contributed by atoms with E-state index in [1.165, 1.54) is 6.07 Å². The predicted octanol–water partition coefficient (Wildman–Crippen LogP) is 2.45. The van der Waals surface area contributed by atoms with Crippen LogP contribution < -0.4 is 11.2 Å². The molecule has 1 aromatic carbocycles. The van der Waals surface area contributed by atoms with Gasteiger partial charge in [0.05, 0.1) is 11.2 Å². The number of halogens is 1. The Balaban J connectivity index is 2.39. The minimum Gasteiger partial charge on any atom is -0.399 e. The Labute approximate surface area is 120 Å². The molecule has 20 heavy (non-hydrogen) atoms. The van der Waals surface area contributed by atoms with E-state index < -0.39 is 18.3 Å². The summed E-state index contributed by atoms with van der Waals surface area (Å²) in [5, 5.41) is 0. The zero-order valence-electron chi connectivity index (χ0n) is 13.1. The van der Waals surface area contributed by atoms with E-state index in [2.05, 4.69) is 0 Å². The fourth-order valence-electron chi connectivity index (χ4n) is 2.36. The van der Waals surface area contributed by atoms with Crippen LogP contribution in [0.2, 0.25) is 0 Å². The molecule has 2 rings (SSSR count). The van der Waals surface area contributed by atoms with Crippen molar-refractivity contribution in [3.8, 4) is 0 Å². The third-order valence-corrected chi connectivity index (χ3v) is 4.38. The van der Waals surface area contributed by atoms with Crippen molar-refractivity contribution in [2.45, 2.75) is 58.8 Å². The lowest BCUT2D eigenvalue weighted by Crippen LogP contribution is -2.41. The highest BCUT2D eigenvalue weighted by molar-refractivity contribution is 6.62. The molecule has 0 amide bonds. The van der Waals surface area contributed by atoms with Gasteiger partial charge in [0, 0.05) is 11.5 Å². The summed E-state index contributed by atoms with van der Waals surface area (Å²) in [7, 11) is -0.680. The first-order valence-electron chi connectivity index (χ1n) is 6.96. The molecule has 2 N–H and O–H groups in total. The van der Waals surface area contributed by atoms with Crippen LogP contribution in [0.3, 0.4) is 0 Å². The maximum atomic E-state index is 14.3. The Kier molecular flexibility index (Phi) is 3.74. The first-order valence-corrected chi connectivity index (χ1v) is 6.96. The normalized spacial score (nSPS) is 22.1. The van der Waals surface area contributed by atoms with Gasteiger partial charge in [0.2, 0.25) is 0 Å². The summed E-state index contributed by atoms with van der Waals surface area (Å²) < 4.78 is 26.1. The molecule has 1 saturated heterocycles. The molecule has 5 heteroatoms. The molecule has 0 aliphatic carbocycles. The van der Waals surface area contributed by atoms with Gasteiger partial charge in [-0.3, -0.25) is 0 Å². The van der Waals surface area contributed by atoms with Crippen molar-refractivity contribution in [1.29, 1.82) is 0 Å². The van der Waals surface area contributed by atoms with Gasteiger partial charge in [-0.15, -0.1) is 0 Å². The highest BCUT2D eigenvalue weighted by Gasteiger charge is 2.52. The summed E-state index contributed by atoms with van der Waals surface area (Å²) in [6.45, 7) is 11.6. The molecule has 0 unspecified atom stereocenters. The van der Waals surface area contributed by atoms with E-state index in [9.17, 15) is 4.39 Å². The van der Waals surface area contributed by atoms with Gasteiger partial charge >= 0.3 is 7.12 Å². The highest BCUT2D eigenvalue weighted by Crippen LogP contribution is 2.36. The van der Waals surface area contributed by atoms with Crippen molar-refractivity contribution < 1.29 is 13.7 Å². The molecule has 0 aromatic heterocycles. The molecular weight excluding hydrogens is 256 g/mol. The van der Waals surface area contributed by atoms with Gasteiger partial charge in [0.25, 0.3) is 0 Å². The van der Waals surface area contributed by atoms with Crippen LogP contribution in [0, 0.1) is 12.7 Å². The maximum absolute atomic E-state index is 14.3. The van der Waals surface area contributed by atoms with Gasteiger partial charge in [-0.05, 0) is 58.7 Å². The van der Waals surface area contributed by atoms with Crippen LogP contribution in [0.5, 0.6) is 0 Å². The second-order valence-electron chi connectivity index (χ2n) is 6.61. The molecule has 1 aromatic rings. The second kappa shape index (κ2) is 4.83. The van der Waals surface area contributed by atoms with Gasteiger partial charge in [-0.2, -0.15) is 0 Å². The Morgan fingerprint density at radius 1 is 1.15 bits per heavy atom. The van der Waals surface area contributed by atoms with Gasteiger partial charge in [-0.1, -0.05) is 6.07 Å². The molecule has 0 bridgehead atoms. The van der Waals surface area contributed by atoms with E-state index in [-0.39, 0.29) is 11.9 Å². The second-order valence-corrected chi connectivity index (χ2v) is 6.61. The van der Waals surface area contributed by atoms with Gasteiger partial charge < -0.3 is 15.0 Å². The lowest BCUT2D eigenvalue weighted by Gasteiger charge is -2.32. The van der Waals surface area contributed by atoms with Crippen LogP contribution in [0.1, 0.15) is 51.8 Å². The smallest absolute Gasteiger partial charge is 0.399 e. The molecule has 3 nitrogen and oxygen atoms in total. The van der Waals surface area contributed by atoms with E-state index >= 15 is 0 Å². The summed E-state index contributed by atoms with van der Waals surface area (Å²) in [6.07, 6.45) is 0. The van der Waals surface area contributed by atoms with Crippen LogP contribution in [0.15, 0.2) is 12.1 Å². The first-order chi connectivity index (χ1) is 9.05. The highest BCUT2D eigenvalue weighted by atomic mass is 19.1. The van der Waals surface area contributed by atoms with E-state index in [1.54, 1.807) is 6.07 Å². The number of hydrogen-bond donors (Lipinski definition) is 1. The Hall–Kier alpha value is -0.905. The van der Waals surface area contributed by atoms with Crippen molar-refractivity contribution in [2.24, 2.45) is 5.73 Å². The van der Waals surface area contributed by atoms with E-state index in [4.69, 9.17) is 15.0 Å². The lowest BCUT2D eigenvalue weighted by atomic mass is 9.77. The molecule has 0 radical (unpaired) electrons. The summed E-state index contributed by atoms with van der Waals surface area (Å²) >= 11 is 0. The summed E-state index contributed by atoms with van der Waals surface area (Å²) in [5.41, 5.74) is 7.09. The summed E-state index contributed by atoms with van der Waals surface area (Å²) in [4.78, 5) is 0. The van der Waals surface area contributed by atoms with Crippen LogP contribution in [-0.4, -0.2) is 18.3 Å². The fraction of sp³-hybridized carbons (Fsp3) is 0.600. The average Bonchev–Trinajstić information content (AvgIpc) is 2.50. The quantitative estimate of drug-likeness (QED) is 0.846. The molecule has 1 heterocycles. The van der Waals surface area contributed by atoms with E-state index in [0.29, 0.717) is 5.46 Å². The maximum Gasteiger partial charge on any atom is 0.497 e. The van der Waals surface area contributed by atoms with E-state index in [0.717, 1.165) is 11.1 Å². The summed E-state index contributed by atoms with van der Waals surface area (Å²) in [6, 6.07) is 3.06. The predicted molar refractivity (Wildman–Crippen MR) is 79.5 cm³/mol. The average molecular weight is 279 g/mol. The zero-order valence-corrected chi connectivity index (χ0v) is 13.1. The SMILES string of the molecule is Cc1cc(B2OC(C)(C)C(C)(C)O2)c(F)cc1[C@@H](C)N. The van der Waals surface area contributed by atoms with Crippen molar-refractivity contribution in [1.82, 2.24) is 0 Å². The molecule has 110 valence electrons. The Morgan fingerprint density at radius 2 is 1.65 bits per heavy atom. The van der Waals surface area contributed by atoms with Crippen molar-refractivity contribution >= 4 is 12.6 Å². The monoisotopic (exact) mass is 279 g/mol. The topological polar surface area (TPSA) is 44.5 Å². The van der Waals surface area contributed by atoms with Gasteiger partial charge in [0.1, 0.15) is 5.82 Å². The minimum absolute atomic E-state index is 0.197. The molecule has 1 atom stereocenters. The minimum atomic E-state index is -0.680. The molecule has 1 fully saturated rings. The van der Waals surface area contributed by atoms with Gasteiger partial charge in [-0.25, -0.2) is 4.39 Å². The zero-order chi connectivity index (χ0) is 15.3. The van der Waals surface area contributed by atoms with Crippen LogP contribution in [0.25, 0.3) is 0 Å². The fourth-order valence-corrected chi connectivity index (χ4v) is 2.36. The van der Waals surface area contributed by atoms with Crippen molar-refractivity contribution in [3.63, 3.8) is 0 Å². The first kappa shape index (κ1) is 15.5. The molecule has 1 aliphatic heterocycles. The van der Waals surface area contributed by atoms with E-state index in [1.807, 2.05) is 41.5 Å². The third-order valence-electron chi connectivity index (χ3n) is 4.38. The number of rotatable bonds is 2. The Bertz CT molecular complexity index is 513. The largest absolute Gasteiger partial charge is 0.497 e. The number of hydrogen-bond acceptors (Lipinski definition) is 3. The van der Waals surface area contributed by atoms with Gasteiger partial charge in [0.15, 0.2) is 0 Å². The van der Waals surface area contributed by atoms with Crippen molar-refractivity contribution in [3.05, 3.63) is 29.1 Å². The Morgan fingerprint density at radius 3 is 2.10 bits per heavy atom. The molecule has 0 spiro atoms. The van der Waals surface area contributed by atoms with Crippen LogP contribution in [0.4, 0.5) is 4.39 Å². The third kappa shape index (κ3) is 2.50. The van der Waals surface area contributed by atoms with Crippen LogP contribution in [-0.2, 0) is 9.31 Å². The molecule has 1 aliphatic rings. The number of nitrogens with two attached hydrogens (primary N) is 1. The molecule has 0 saturated carbocycles. The summed E-state index contributed by atoms with van der Waals surface area (Å²) in [5.74, 6) is -0.332.